The molecular weight excluding hydrogens is 827 g/mol. The van der Waals surface area contributed by atoms with Gasteiger partial charge >= 0.3 is 11.9 Å². The predicted octanol–water partition coefficient (Wildman–Crippen LogP) is 14.2. The predicted molar refractivity (Wildman–Crippen MR) is 274 cm³/mol. The van der Waals surface area contributed by atoms with Crippen molar-refractivity contribution in [3.05, 3.63) is 48.6 Å². The van der Waals surface area contributed by atoms with Crippen LogP contribution in [-0.2, 0) is 33.3 Å². The fourth-order valence-electron chi connectivity index (χ4n) is 7.54. The van der Waals surface area contributed by atoms with Gasteiger partial charge < -0.3 is 33.3 Å². The van der Waals surface area contributed by atoms with Crippen molar-refractivity contribution in [3.63, 3.8) is 0 Å². The third kappa shape index (κ3) is 49.2. The lowest BCUT2D eigenvalue weighted by atomic mass is 10.0. The topological polar surface area (TPSA) is 111 Å². The second-order valence-corrected chi connectivity index (χ2v) is 19.5. The monoisotopic (exact) mass is 930 g/mol. The van der Waals surface area contributed by atoms with Crippen LogP contribution in [0.5, 0.6) is 0 Å². The molecular formula is C57H103NO8. The number of esters is 2. The summed E-state index contributed by atoms with van der Waals surface area (Å²) in [5.41, 5.74) is 0. The molecule has 2 atom stereocenters. The molecule has 9 heteroatoms. The molecule has 0 radical (unpaired) electrons. The molecule has 0 spiro atoms. The Bertz CT molecular complexity index is 1220. The number of rotatable bonds is 50. The van der Waals surface area contributed by atoms with Gasteiger partial charge in [-0.05, 0) is 77.0 Å². The molecule has 9 nitrogen and oxygen atoms in total. The van der Waals surface area contributed by atoms with Gasteiger partial charge in [0.15, 0.2) is 12.4 Å². The van der Waals surface area contributed by atoms with Gasteiger partial charge in [0.25, 0.3) is 0 Å². The molecule has 0 fully saturated rings. The second kappa shape index (κ2) is 48.7. The smallest absolute Gasteiger partial charge is 0.306 e. The lowest BCUT2D eigenvalue weighted by molar-refractivity contribution is -0.870. The minimum atomic E-state index is -1.62. The van der Waals surface area contributed by atoms with Crippen molar-refractivity contribution in [3.8, 4) is 0 Å². The molecule has 2 unspecified atom stereocenters. The number of hydrogen-bond donors (Lipinski definition) is 0. The maximum Gasteiger partial charge on any atom is 0.306 e. The van der Waals surface area contributed by atoms with Gasteiger partial charge in [-0.25, -0.2) is 0 Å². The summed E-state index contributed by atoms with van der Waals surface area (Å²) in [5, 5.41) is 11.7. The zero-order valence-corrected chi connectivity index (χ0v) is 43.6. The number of carboxylic acid groups (broad SMARTS) is 1. The third-order valence-corrected chi connectivity index (χ3v) is 11.8. The van der Waals surface area contributed by atoms with E-state index in [2.05, 4.69) is 62.5 Å². The number of quaternary nitrogens is 1. The maximum absolute atomic E-state index is 12.8. The SMILES string of the molecule is CCCCC/C=C\CCCCCCCC(=O)OCC(COC(OCC[N+](C)(C)C)C(=O)[O-])OC(=O)CCCCCCCCCCCCCCCC/C=C\C/C=C\C/C=C\CCCCCCC. The van der Waals surface area contributed by atoms with E-state index in [-0.39, 0.29) is 38.6 Å². The van der Waals surface area contributed by atoms with Gasteiger partial charge in [0.2, 0.25) is 0 Å². The first kappa shape index (κ1) is 63.2. The molecule has 0 heterocycles. The first-order valence-electron chi connectivity index (χ1n) is 27.3. The molecule has 0 saturated heterocycles. The largest absolute Gasteiger partial charge is 0.545 e. The Morgan fingerprint density at radius 2 is 0.818 bits per heavy atom. The van der Waals surface area contributed by atoms with E-state index in [1.165, 1.54) is 135 Å². The van der Waals surface area contributed by atoms with Crippen LogP contribution in [0.25, 0.3) is 0 Å². The number of carbonyl (C=O) groups excluding carboxylic acids is 3. The number of aliphatic carboxylic acids is 1. The molecule has 0 aromatic rings. The van der Waals surface area contributed by atoms with E-state index in [1.807, 2.05) is 21.1 Å². The van der Waals surface area contributed by atoms with Gasteiger partial charge in [0.05, 0.1) is 40.3 Å². The first-order valence-corrected chi connectivity index (χ1v) is 27.3. The average molecular weight is 930 g/mol. The van der Waals surface area contributed by atoms with Gasteiger partial charge in [0.1, 0.15) is 13.2 Å². The lowest BCUT2D eigenvalue weighted by Crippen LogP contribution is -2.44. The Morgan fingerprint density at radius 1 is 0.455 bits per heavy atom. The van der Waals surface area contributed by atoms with E-state index >= 15 is 0 Å². The van der Waals surface area contributed by atoms with Crippen LogP contribution in [-0.4, -0.2) is 82.3 Å². The summed E-state index contributed by atoms with van der Waals surface area (Å²) in [7, 11) is 5.91. The molecule has 0 rings (SSSR count). The summed E-state index contributed by atoms with van der Waals surface area (Å²) in [5.74, 6) is -2.29. The number of carbonyl (C=O) groups is 3. The number of hydrogen-bond acceptors (Lipinski definition) is 8. The van der Waals surface area contributed by atoms with Crippen LogP contribution in [0.1, 0.15) is 239 Å². The van der Waals surface area contributed by atoms with Crippen molar-refractivity contribution in [2.75, 3.05) is 47.5 Å². The summed E-state index contributed by atoms with van der Waals surface area (Å²) in [6.07, 6.45) is 55.9. The summed E-state index contributed by atoms with van der Waals surface area (Å²) < 4.78 is 22.6. The van der Waals surface area contributed by atoms with Crippen LogP contribution in [0.3, 0.4) is 0 Å². The van der Waals surface area contributed by atoms with Crippen molar-refractivity contribution in [1.29, 1.82) is 0 Å². The molecule has 0 amide bonds. The molecule has 384 valence electrons. The molecule has 0 aliphatic rings. The van der Waals surface area contributed by atoms with E-state index in [0.717, 1.165) is 70.6 Å². The first-order chi connectivity index (χ1) is 32.1. The molecule has 0 aromatic carbocycles. The fraction of sp³-hybridized carbons (Fsp3) is 0.807. The van der Waals surface area contributed by atoms with Crippen molar-refractivity contribution in [2.45, 2.75) is 251 Å². The quantitative estimate of drug-likeness (QED) is 0.0195. The van der Waals surface area contributed by atoms with Crippen molar-refractivity contribution >= 4 is 17.9 Å². The lowest BCUT2D eigenvalue weighted by Gasteiger charge is -2.26. The summed E-state index contributed by atoms with van der Waals surface area (Å²) in [4.78, 5) is 37.1. The number of allylic oxidation sites excluding steroid dienone is 8. The highest BCUT2D eigenvalue weighted by Gasteiger charge is 2.22. The normalized spacial score (nSPS) is 13.2. The van der Waals surface area contributed by atoms with Crippen LogP contribution in [0.2, 0.25) is 0 Å². The number of nitrogens with zero attached hydrogens (tertiary/aromatic N) is 1. The van der Waals surface area contributed by atoms with Crippen molar-refractivity contribution in [2.24, 2.45) is 0 Å². The molecule has 0 bridgehead atoms. The van der Waals surface area contributed by atoms with Gasteiger partial charge in [-0.1, -0.05) is 197 Å². The summed E-state index contributed by atoms with van der Waals surface area (Å²) >= 11 is 0. The van der Waals surface area contributed by atoms with Crippen LogP contribution >= 0.6 is 0 Å². The van der Waals surface area contributed by atoms with E-state index < -0.39 is 24.3 Å². The van der Waals surface area contributed by atoms with Crippen LogP contribution in [0.15, 0.2) is 48.6 Å². The molecule has 0 aromatic heterocycles. The van der Waals surface area contributed by atoms with Crippen LogP contribution in [0.4, 0.5) is 0 Å². The Balaban J connectivity index is 4.17. The Labute approximate surface area is 406 Å². The van der Waals surface area contributed by atoms with E-state index in [4.69, 9.17) is 18.9 Å². The highest BCUT2D eigenvalue weighted by atomic mass is 16.7. The highest BCUT2D eigenvalue weighted by Crippen LogP contribution is 2.16. The molecule has 0 aliphatic carbocycles. The Hall–Kier alpha value is -2.75. The number of carboxylic acids is 1. The van der Waals surface area contributed by atoms with E-state index in [1.54, 1.807) is 0 Å². The molecule has 0 N–H and O–H groups in total. The second-order valence-electron chi connectivity index (χ2n) is 19.5. The highest BCUT2D eigenvalue weighted by molar-refractivity contribution is 5.70. The van der Waals surface area contributed by atoms with Gasteiger partial charge in [-0.3, -0.25) is 9.59 Å². The zero-order chi connectivity index (χ0) is 48.4. The van der Waals surface area contributed by atoms with Crippen molar-refractivity contribution < 1.29 is 42.9 Å². The number of ether oxygens (including phenoxy) is 4. The Kier molecular flexibility index (Phi) is 46.7. The number of likely N-dealkylation sites (N-methyl/N-ethyl adjacent to an activating group) is 1. The minimum absolute atomic E-state index is 0.146. The minimum Gasteiger partial charge on any atom is -0.545 e. The van der Waals surface area contributed by atoms with Gasteiger partial charge in [-0.15, -0.1) is 0 Å². The number of unbranched alkanes of at least 4 members (excludes halogenated alkanes) is 27. The molecule has 0 aliphatic heterocycles. The zero-order valence-electron chi connectivity index (χ0n) is 43.6. The van der Waals surface area contributed by atoms with Crippen LogP contribution in [0, 0.1) is 0 Å². The van der Waals surface area contributed by atoms with Crippen molar-refractivity contribution in [1.82, 2.24) is 0 Å². The average Bonchev–Trinajstić information content (AvgIpc) is 3.28. The summed E-state index contributed by atoms with van der Waals surface area (Å²) in [6, 6.07) is 0. The molecule has 0 saturated carbocycles. The maximum atomic E-state index is 12.8. The van der Waals surface area contributed by atoms with Gasteiger partial charge in [-0.2, -0.15) is 0 Å². The van der Waals surface area contributed by atoms with Crippen LogP contribution < -0.4 is 5.11 Å². The standard InChI is InChI=1S/C57H103NO8/c1-6-8-10-12-14-16-18-20-21-22-23-24-25-26-27-28-29-30-31-32-33-34-35-36-38-40-42-44-46-48-55(60)66-53(52-65-57(56(61)62)63-50-49-58(3,4)5)51-64-54(59)47-45-43-41-39-37-19-17-15-13-11-9-7-2/h15,17-18,20,22-23,25-26,53,57H,6-14,16,19,21,24,27-52H2,1-5H3/b17-15-,20-18-,23-22-,26-25-. The van der Waals surface area contributed by atoms with E-state index in [9.17, 15) is 19.5 Å². The van der Waals surface area contributed by atoms with E-state index in [0.29, 0.717) is 17.4 Å². The van der Waals surface area contributed by atoms with Gasteiger partial charge in [0, 0.05) is 12.8 Å². The third-order valence-electron chi connectivity index (χ3n) is 11.8. The Morgan fingerprint density at radius 3 is 1.26 bits per heavy atom. The fourth-order valence-corrected chi connectivity index (χ4v) is 7.54. The summed E-state index contributed by atoms with van der Waals surface area (Å²) in [6.45, 7) is 4.71. The molecule has 66 heavy (non-hydrogen) atoms.